The van der Waals surface area contributed by atoms with Gasteiger partial charge < -0.3 is 35.6 Å². The lowest BCUT2D eigenvalue weighted by Gasteiger charge is -2.30. The number of fused-ring (bicyclic) bond motifs is 1. The zero-order chi connectivity index (χ0) is 31.0. The Morgan fingerprint density at radius 2 is 1.95 bits per heavy atom. The maximum absolute atomic E-state index is 12.5. The molecule has 5 N–H and O–H groups in total. The summed E-state index contributed by atoms with van der Waals surface area (Å²) in [6.45, 7) is 0.897. The molecule has 2 amide bonds. The summed E-state index contributed by atoms with van der Waals surface area (Å²) < 4.78 is 12.5. The van der Waals surface area contributed by atoms with Crippen LogP contribution in [-0.4, -0.2) is 89.0 Å². The second kappa shape index (κ2) is 12.0. The third-order valence-electron chi connectivity index (χ3n) is 7.84. The number of carbonyl (C=O) groups excluding carboxylic acids is 2. The van der Waals surface area contributed by atoms with E-state index in [1.165, 1.54) is 35.2 Å². The molecule has 2 aromatic heterocycles. The molecule has 4 atom stereocenters. The van der Waals surface area contributed by atoms with Gasteiger partial charge >= 0.3 is 6.09 Å². The molecule has 230 valence electrons. The van der Waals surface area contributed by atoms with Crippen molar-refractivity contribution in [1.82, 2.24) is 29.7 Å². The van der Waals surface area contributed by atoms with E-state index in [2.05, 4.69) is 32.1 Å². The molecule has 16 nitrogen and oxygen atoms in total. The third kappa shape index (κ3) is 6.11. The standard InChI is InChI=1S/C28H30N8O8/c29-24-20-25(35(14-30-20)27-22(38)21(37)23(44-27)26(39)31-16-7-8-16)33-19(32-24)6-1-3-15-9-11-34(12-10-15)28(40)43-18-5-2-4-17(13-18)36(41)42/h2,4-5,13-16,21-23,27,37-38H,3,7-12H2,(H,31,39)(H2,29,32,33)/t21-,22+,23+,27-/m1/s1. The number of aliphatic hydroxyl groups is 2. The van der Waals surface area contributed by atoms with Gasteiger partial charge in [-0.15, -0.1) is 0 Å². The van der Waals surface area contributed by atoms with Gasteiger partial charge in [0.15, 0.2) is 23.8 Å². The lowest BCUT2D eigenvalue weighted by Crippen LogP contribution is -2.43. The number of nitro benzene ring substituents is 1. The van der Waals surface area contributed by atoms with Gasteiger partial charge in [0, 0.05) is 31.6 Å². The highest BCUT2D eigenvalue weighted by atomic mass is 16.6. The topological polar surface area (TPSA) is 221 Å². The average molecular weight is 607 g/mol. The Kier molecular flexibility index (Phi) is 7.99. The van der Waals surface area contributed by atoms with Gasteiger partial charge in [0.1, 0.15) is 23.5 Å². The van der Waals surface area contributed by atoms with Crippen LogP contribution < -0.4 is 15.8 Å². The first kappa shape index (κ1) is 29.2. The fraction of sp³-hybridized carbons (Fsp3) is 0.464. The number of aromatic nitrogens is 4. The van der Waals surface area contributed by atoms with Crippen LogP contribution in [0.25, 0.3) is 11.2 Å². The number of nitrogen functional groups attached to an aromatic ring is 1. The normalized spacial score (nSPS) is 23.6. The Morgan fingerprint density at radius 3 is 2.68 bits per heavy atom. The number of nitrogens with two attached hydrogens (primary N) is 1. The summed E-state index contributed by atoms with van der Waals surface area (Å²) in [6, 6.07) is 5.54. The highest BCUT2D eigenvalue weighted by molar-refractivity contribution is 5.83. The quantitative estimate of drug-likeness (QED) is 0.174. The van der Waals surface area contributed by atoms with E-state index in [4.69, 9.17) is 15.2 Å². The Bertz CT molecular complexity index is 1660. The number of amides is 2. The van der Waals surface area contributed by atoms with E-state index in [1.807, 2.05) is 0 Å². The molecule has 0 radical (unpaired) electrons. The molecule has 2 aliphatic heterocycles. The number of hydrogen-bond donors (Lipinski definition) is 4. The van der Waals surface area contributed by atoms with Crippen molar-refractivity contribution in [2.24, 2.45) is 5.92 Å². The number of nitro groups is 1. The number of benzene rings is 1. The number of hydrogen-bond acceptors (Lipinski definition) is 12. The lowest BCUT2D eigenvalue weighted by atomic mass is 9.94. The molecule has 0 unspecified atom stereocenters. The van der Waals surface area contributed by atoms with E-state index in [1.54, 1.807) is 4.90 Å². The van der Waals surface area contributed by atoms with Crippen molar-refractivity contribution in [1.29, 1.82) is 0 Å². The molecule has 0 bridgehead atoms. The van der Waals surface area contributed by atoms with Gasteiger partial charge in [0.25, 0.3) is 11.6 Å². The summed E-state index contributed by atoms with van der Waals surface area (Å²) >= 11 is 0. The van der Waals surface area contributed by atoms with E-state index in [-0.39, 0.29) is 46.2 Å². The third-order valence-corrected chi connectivity index (χ3v) is 7.84. The van der Waals surface area contributed by atoms with Crippen LogP contribution in [0.3, 0.4) is 0 Å². The van der Waals surface area contributed by atoms with Gasteiger partial charge in [-0.3, -0.25) is 19.5 Å². The number of piperidine rings is 1. The second-order valence-electron chi connectivity index (χ2n) is 11.0. The molecule has 3 fully saturated rings. The van der Waals surface area contributed by atoms with Crippen LogP contribution in [0.5, 0.6) is 5.75 Å². The zero-order valence-electron chi connectivity index (χ0n) is 23.4. The minimum Gasteiger partial charge on any atom is -0.410 e. The summed E-state index contributed by atoms with van der Waals surface area (Å²) in [5.41, 5.74) is 6.44. The number of nitrogens with one attached hydrogen (secondary N) is 1. The van der Waals surface area contributed by atoms with Crippen LogP contribution >= 0.6 is 0 Å². The van der Waals surface area contributed by atoms with Crippen molar-refractivity contribution in [2.45, 2.75) is 62.7 Å². The number of imidazole rings is 1. The number of ether oxygens (including phenoxy) is 2. The number of carbonyl (C=O) groups is 2. The van der Waals surface area contributed by atoms with Crippen molar-refractivity contribution < 1.29 is 34.2 Å². The van der Waals surface area contributed by atoms with Gasteiger partial charge in [-0.1, -0.05) is 12.0 Å². The molecule has 1 saturated carbocycles. The van der Waals surface area contributed by atoms with E-state index in [9.17, 15) is 29.9 Å². The highest BCUT2D eigenvalue weighted by Gasteiger charge is 2.48. The highest BCUT2D eigenvalue weighted by Crippen LogP contribution is 2.33. The molecule has 3 aromatic rings. The van der Waals surface area contributed by atoms with Gasteiger partial charge in [0.2, 0.25) is 5.82 Å². The maximum atomic E-state index is 12.5. The number of rotatable bonds is 6. The van der Waals surface area contributed by atoms with Crippen LogP contribution in [0.15, 0.2) is 30.6 Å². The first-order chi connectivity index (χ1) is 21.2. The van der Waals surface area contributed by atoms with Gasteiger partial charge in [-0.2, -0.15) is 0 Å². The van der Waals surface area contributed by atoms with Crippen LogP contribution in [0.2, 0.25) is 0 Å². The monoisotopic (exact) mass is 606 g/mol. The molecule has 2 saturated heterocycles. The van der Waals surface area contributed by atoms with E-state index in [0.717, 1.165) is 12.8 Å². The first-order valence-electron chi connectivity index (χ1n) is 14.2. The number of non-ortho nitro benzene ring substituents is 1. The van der Waals surface area contributed by atoms with Crippen molar-refractivity contribution in [3.8, 4) is 17.6 Å². The maximum Gasteiger partial charge on any atom is 0.415 e. The molecular formula is C28H30N8O8. The Balaban J connectivity index is 1.07. The van der Waals surface area contributed by atoms with E-state index in [0.29, 0.717) is 32.4 Å². The molecular weight excluding hydrogens is 576 g/mol. The second-order valence-corrected chi connectivity index (χ2v) is 11.0. The van der Waals surface area contributed by atoms with Crippen LogP contribution in [0, 0.1) is 27.9 Å². The van der Waals surface area contributed by atoms with Crippen LogP contribution in [-0.2, 0) is 9.53 Å². The summed E-state index contributed by atoms with van der Waals surface area (Å²) in [5, 5.41) is 34.9. The fourth-order valence-corrected chi connectivity index (χ4v) is 5.22. The molecule has 0 spiro atoms. The predicted octanol–water partition coefficient (Wildman–Crippen LogP) is 0.867. The molecule has 1 aromatic carbocycles. The van der Waals surface area contributed by atoms with E-state index < -0.39 is 41.5 Å². The molecule has 16 heteroatoms. The van der Waals surface area contributed by atoms with Gasteiger partial charge in [-0.25, -0.2) is 19.7 Å². The number of aliphatic hydroxyl groups excluding tert-OH is 2. The fourth-order valence-electron chi connectivity index (χ4n) is 5.22. The molecule has 4 heterocycles. The van der Waals surface area contributed by atoms with Crippen LogP contribution in [0.1, 0.15) is 44.2 Å². The smallest absolute Gasteiger partial charge is 0.410 e. The Labute approximate surface area is 250 Å². The molecule has 6 rings (SSSR count). The van der Waals surface area contributed by atoms with Gasteiger partial charge in [-0.05, 0) is 43.6 Å². The van der Waals surface area contributed by atoms with Crippen molar-refractivity contribution in [3.63, 3.8) is 0 Å². The minimum absolute atomic E-state index is 0.0640. The first-order valence-corrected chi connectivity index (χ1v) is 14.2. The predicted molar refractivity (Wildman–Crippen MR) is 152 cm³/mol. The Morgan fingerprint density at radius 1 is 1.18 bits per heavy atom. The number of likely N-dealkylation sites (tertiary alicyclic amines) is 1. The summed E-state index contributed by atoms with van der Waals surface area (Å²) in [4.78, 5) is 49.9. The van der Waals surface area contributed by atoms with Crippen LogP contribution in [0.4, 0.5) is 16.3 Å². The molecule has 1 aliphatic carbocycles. The van der Waals surface area contributed by atoms with E-state index >= 15 is 0 Å². The van der Waals surface area contributed by atoms with Gasteiger partial charge in [0.05, 0.1) is 17.3 Å². The molecule has 3 aliphatic rings. The minimum atomic E-state index is -1.44. The average Bonchev–Trinajstić information content (AvgIpc) is 3.64. The van der Waals surface area contributed by atoms with Crippen molar-refractivity contribution in [2.75, 3.05) is 18.8 Å². The summed E-state index contributed by atoms with van der Waals surface area (Å²) in [7, 11) is 0. The summed E-state index contributed by atoms with van der Waals surface area (Å²) in [5.74, 6) is 6.03. The Hall–Kier alpha value is -4.85. The zero-order valence-corrected chi connectivity index (χ0v) is 23.4. The number of nitrogens with zero attached hydrogens (tertiary/aromatic N) is 6. The van der Waals surface area contributed by atoms with Crippen molar-refractivity contribution >= 4 is 34.7 Å². The summed E-state index contributed by atoms with van der Waals surface area (Å²) in [6.07, 6.45) is -0.836. The largest absolute Gasteiger partial charge is 0.415 e. The van der Waals surface area contributed by atoms with Crippen molar-refractivity contribution in [3.05, 3.63) is 46.5 Å². The molecule has 44 heavy (non-hydrogen) atoms. The SMILES string of the molecule is Nc1nc(C#CCC2CCN(C(=O)Oc3cccc([N+](=O)[O-])c3)CC2)nc2c1ncn2[C@@H]1O[C@H](C(=O)NC2CC2)[C@H](O)[C@@H]1O. The lowest BCUT2D eigenvalue weighted by molar-refractivity contribution is -0.384. The number of anilines is 1.